The first-order chi connectivity index (χ1) is 9.84. The molecule has 0 heterocycles. The second kappa shape index (κ2) is 5.48. The first-order valence-corrected chi connectivity index (χ1v) is 7.36. The molecule has 109 valence electrons. The summed E-state index contributed by atoms with van der Waals surface area (Å²) in [6, 6.07) is 9.94. The van der Waals surface area contributed by atoms with Crippen molar-refractivity contribution in [2.45, 2.75) is 47.0 Å². The Morgan fingerprint density at radius 2 is 1.19 bits per heavy atom. The molecular formula is C20H23O. The van der Waals surface area contributed by atoms with E-state index in [1.54, 1.807) is 0 Å². The fraction of sp³-hybridized carbons (Fsp3) is 0.350. The lowest BCUT2D eigenvalue weighted by molar-refractivity contribution is 0.525. The zero-order valence-electron chi connectivity index (χ0n) is 13.8. The molecule has 0 N–H and O–H groups in total. The number of hydrogen-bond acceptors (Lipinski definition) is 1. The number of hydrogen-bond donors (Lipinski definition) is 0. The Hall–Kier alpha value is -1.89. The van der Waals surface area contributed by atoms with E-state index in [2.05, 4.69) is 40.9 Å². The molecule has 0 spiro atoms. The van der Waals surface area contributed by atoms with Gasteiger partial charge in [0, 0.05) is 0 Å². The standard InChI is InChI=1S/C20H23O/c1-13-14(2)16(4)19(17(5)15(13)3)20(6,12-21)18-10-8-7-9-11-18/h7-11H,1-6H3. The first kappa shape index (κ1) is 15.5. The van der Waals surface area contributed by atoms with Crippen molar-refractivity contribution in [2.75, 3.05) is 0 Å². The summed E-state index contributed by atoms with van der Waals surface area (Å²) in [5, 5.41) is 0. The van der Waals surface area contributed by atoms with E-state index in [1.165, 1.54) is 27.8 Å². The lowest BCUT2D eigenvalue weighted by Gasteiger charge is -2.30. The van der Waals surface area contributed by atoms with Gasteiger partial charge in [0.2, 0.25) is 6.29 Å². The van der Waals surface area contributed by atoms with E-state index in [4.69, 9.17) is 0 Å². The van der Waals surface area contributed by atoms with Crippen LogP contribution in [0.4, 0.5) is 0 Å². The van der Waals surface area contributed by atoms with Gasteiger partial charge in [-0.2, -0.15) is 0 Å². The molecule has 21 heavy (non-hydrogen) atoms. The highest BCUT2D eigenvalue weighted by Gasteiger charge is 2.34. The van der Waals surface area contributed by atoms with Crippen LogP contribution in [0.15, 0.2) is 30.3 Å². The average molecular weight is 279 g/mol. The number of carbonyl (C=O) groups excluding carboxylic acids is 1. The molecule has 0 saturated carbocycles. The molecule has 1 atom stereocenters. The topological polar surface area (TPSA) is 17.1 Å². The van der Waals surface area contributed by atoms with Gasteiger partial charge in [0.25, 0.3) is 0 Å². The summed E-state index contributed by atoms with van der Waals surface area (Å²) in [5.74, 6) is 0. The van der Waals surface area contributed by atoms with Crippen LogP contribution in [-0.2, 0) is 10.2 Å². The van der Waals surface area contributed by atoms with Gasteiger partial charge in [-0.25, -0.2) is 0 Å². The van der Waals surface area contributed by atoms with Crippen molar-refractivity contribution in [3.8, 4) is 0 Å². The summed E-state index contributed by atoms with van der Waals surface area (Å²) in [6.45, 7) is 12.6. The van der Waals surface area contributed by atoms with E-state index >= 15 is 0 Å². The van der Waals surface area contributed by atoms with E-state index in [0.717, 1.165) is 11.1 Å². The van der Waals surface area contributed by atoms with Crippen LogP contribution >= 0.6 is 0 Å². The number of benzene rings is 2. The van der Waals surface area contributed by atoms with Gasteiger partial charge in [-0.3, -0.25) is 4.79 Å². The fourth-order valence-electron chi connectivity index (χ4n) is 3.28. The Morgan fingerprint density at radius 1 is 0.762 bits per heavy atom. The molecule has 0 bridgehead atoms. The van der Waals surface area contributed by atoms with Crippen LogP contribution in [0, 0.1) is 34.6 Å². The van der Waals surface area contributed by atoms with Crippen LogP contribution in [0.2, 0.25) is 0 Å². The van der Waals surface area contributed by atoms with Gasteiger partial charge >= 0.3 is 0 Å². The molecule has 1 unspecified atom stereocenters. The Kier molecular flexibility index (Phi) is 4.04. The molecule has 1 nitrogen and oxygen atoms in total. The molecule has 0 amide bonds. The van der Waals surface area contributed by atoms with Gasteiger partial charge < -0.3 is 0 Å². The van der Waals surface area contributed by atoms with Crippen molar-refractivity contribution in [3.05, 3.63) is 69.3 Å². The van der Waals surface area contributed by atoms with Crippen molar-refractivity contribution >= 4 is 6.29 Å². The van der Waals surface area contributed by atoms with Crippen LogP contribution in [0.3, 0.4) is 0 Å². The summed E-state index contributed by atoms with van der Waals surface area (Å²) < 4.78 is 0. The van der Waals surface area contributed by atoms with Gasteiger partial charge in [0.05, 0.1) is 5.41 Å². The molecule has 0 fully saturated rings. The molecule has 0 saturated heterocycles. The quantitative estimate of drug-likeness (QED) is 0.799. The molecule has 1 heteroatoms. The first-order valence-electron chi connectivity index (χ1n) is 7.36. The molecule has 0 aliphatic heterocycles. The predicted molar refractivity (Wildman–Crippen MR) is 88.7 cm³/mol. The minimum atomic E-state index is -0.724. The van der Waals surface area contributed by atoms with Crippen molar-refractivity contribution in [3.63, 3.8) is 0 Å². The Labute approximate surface area is 128 Å². The maximum absolute atomic E-state index is 11.9. The van der Waals surface area contributed by atoms with Crippen molar-refractivity contribution in [1.29, 1.82) is 0 Å². The van der Waals surface area contributed by atoms with Crippen LogP contribution in [0.5, 0.6) is 0 Å². The summed E-state index contributed by atoms with van der Waals surface area (Å²) in [5.41, 5.74) is 7.62. The average Bonchev–Trinajstić information content (AvgIpc) is 2.51. The van der Waals surface area contributed by atoms with Crippen molar-refractivity contribution in [2.24, 2.45) is 0 Å². The Bertz CT molecular complexity index is 654. The number of rotatable bonds is 3. The van der Waals surface area contributed by atoms with Crippen LogP contribution in [-0.4, -0.2) is 6.29 Å². The van der Waals surface area contributed by atoms with E-state index in [0.29, 0.717) is 0 Å². The van der Waals surface area contributed by atoms with Crippen LogP contribution in [0.25, 0.3) is 0 Å². The predicted octanol–water partition coefficient (Wildman–Crippen LogP) is 4.64. The molecule has 0 aliphatic rings. The minimum absolute atomic E-state index is 0.724. The smallest absolute Gasteiger partial charge is 0.214 e. The fourth-order valence-corrected chi connectivity index (χ4v) is 3.28. The highest BCUT2D eigenvalue weighted by Crippen LogP contribution is 2.38. The molecule has 2 aromatic rings. The Morgan fingerprint density at radius 3 is 1.62 bits per heavy atom. The van der Waals surface area contributed by atoms with Gasteiger partial charge in [-0.1, -0.05) is 30.3 Å². The Balaban J connectivity index is 2.84. The van der Waals surface area contributed by atoms with Gasteiger partial charge in [-0.15, -0.1) is 0 Å². The van der Waals surface area contributed by atoms with Crippen molar-refractivity contribution in [1.82, 2.24) is 0 Å². The summed E-state index contributed by atoms with van der Waals surface area (Å²) in [4.78, 5) is 11.9. The second-order valence-electron chi connectivity index (χ2n) is 6.09. The highest BCUT2D eigenvalue weighted by molar-refractivity contribution is 5.77. The van der Waals surface area contributed by atoms with Gasteiger partial charge in [-0.05, 0) is 80.5 Å². The lowest BCUT2D eigenvalue weighted by Crippen LogP contribution is -2.28. The third-order valence-corrected chi connectivity index (χ3v) is 5.06. The molecule has 0 aliphatic carbocycles. The lowest BCUT2D eigenvalue weighted by atomic mass is 9.71. The van der Waals surface area contributed by atoms with E-state index in [1.807, 2.05) is 37.3 Å². The van der Waals surface area contributed by atoms with E-state index in [-0.39, 0.29) is 0 Å². The molecule has 2 aromatic carbocycles. The van der Waals surface area contributed by atoms with Crippen molar-refractivity contribution < 1.29 is 4.79 Å². The van der Waals surface area contributed by atoms with E-state index < -0.39 is 5.41 Å². The minimum Gasteiger partial charge on any atom is -0.289 e. The third kappa shape index (κ3) is 2.31. The van der Waals surface area contributed by atoms with E-state index in [9.17, 15) is 4.79 Å². The summed E-state index contributed by atoms with van der Waals surface area (Å²) in [7, 11) is 0. The zero-order chi connectivity index (χ0) is 15.8. The normalized spacial score (nSPS) is 13.8. The molecule has 2 rings (SSSR count). The van der Waals surface area contributed by atoms with Crippen LogP contribution < -0.4 is 0 Å². The SMILES string of the molecule is Cc1c(C)c(C)c(C(C)([C]=O)c2ccccc2)c(C)c1C. The highest BCUT2D eigenvalue weighted by atomic mass is 16.1. The second-order valence-corrected chi connectivity index (χ2v) is 6.09. The largest absolute Gasteiger partial charge is 0.289 e. The monoisotopic (exact) mass is 279 g/mol. The van der Waals surface area contributed by atoms with Gasteiger partial charge in [0.1, 0.15) is 0 Å². The van der Waals surface area contributed by atoms with Crippen LogP contribution in [0.1, 0.15) is 45.9 Å². The van der Waals surface area contributed by atoms with Gasteiger partial charge in [0.15, 0.2) is 0 Å². The maximum atomic E-state index is 11.9. The maximum Gasteiger partial charge on any atom is 0.214 e. The molecule has 0 aromatic heterocycles. The zero-order valence-corrected chi connectivity index (χ0v) is 13.8. The summed E-state index contributed by atoms with van der Waals surface area (Å²) in [6.07, 6.45) is 2.32. The molecular weight excluding hydrogens is 256 g/mol. The summed E-state index contributed by atoms with van der Waals surface area (Å²) >= 11 is 0. The third-order valence-electron chi connectivity index (χ3n) is 5.06. The molecule has 1 radical (unpaired) electrons.